The minimum atomic E-state index is -1.05. The van der Waals surface area contributed by atoms with Crippen molar-refractivity contribution >= 4 is 23.4 Å². The molecule has 1 aromatic heterocycles. The highest BCUT2D eigenvalue weighted by Crippen LogP contribution is 2.42. The van der Waals surface area contributed by atoms with Gasteiger partial charge in [-0.05, 0) is 45.0 Å². The number of benzene rings is 2. The molecule has 0 unspecified atom stereocenters. The van der Waals surface area contributed by atoms with E-state index < -0.39 is 17.5 Å². The molecule has 1 heterocycles. The van der Waals surface area contributed by atoms with Crippen LogP contribution in [0.3, 0.4) is 0 Å². The van der Waals surface area contributed by atoms with Crippen LogP contribution < -0.4 is 19.5 Å². The summed E-state index contributed by atoms with van der Waals surface area (Å²) in [5, 5.41) is 10.6. The number of carbonyl (C=O) groups is 1. The largest absolute Gasteiger partial charge is 0.490 e. The zero-order chi connectivity index (χ0) is 23.8. The second-order valence-electron chi connectivity index (χ2n) is 6.44. The molecule has 3 aromatic rings. The predicted octanol–water partition coefficient (Wildman–Crippen LogP) is 4.94. The lowest BCUT2D eigenvalue weighted by molar-refractivity contribution is -0.113. The van der Waals surface area contributed by atoms with E-state index in [1.165, 1.54) is 6.07 Å². The molecular formula is C22H23F2N3O5S. The van der Waals surface area contributed by atoms with Crippen molar-refractivity contribution in [2.75, 3.05) is 30.9 Å². The lowest BCUT2D eigenvalue weighted by atomic mass is 10.2. The Bertz CT molecular complexity index is 1080. The SMILES string of the molecule is CCOc1cc(-c2nnc(SCC(=O)Nc3ccc(F)c(F)c3)o2)cc(OCC)c1OCC. The van der Waals surface area contributed by atoms with Crippen LogP contribution in [0.25, 0.3) is 11.5 Å². The third-order valence-corrected chi connectivity index (χ3v) is 4.91. The lowest BCUT2D eigenvalue weighted by Crippen LogP contribution is -2.14. The quantitative estimate of drug-likeness (QED) is 0.386. The van der Waals surface area contributed by atoms with Crippen molar-refractivity contribution in [3.05, 3.63) is 42.0 Å². The molecule has 3 rings (SSSR count). The third-order valence-electron chi connectivity index (χ3n) is 4.09. The summed E-state index contributed by atoms with van der Waals surface area (Å²) < 4.78 is 49.0. The van der Waals surface area contributed by atoms with Crippen molar-refractivity contribution in [1.82, 2.24) is 10.2 Å². The molecule has 33 heavy (non-hydrogen) atoms. The topological polar surface area (TPSA) is 95.7 Å². The second-order valence-corrected chi connectivity index (χ2v) is 7.37. The molecule has 8 nitrogen and oxygen atoms in total. The molecule has 0 aliphatic heterocycles. The van der Waals surface area contributed by atoms with Crippen molar-refractivity contribution in [1.29, 1.82) is 0 Å². The number of thioether (sulfide) groups is 1. The predicted molar refractivity (Wildman–Crippen MR) is 119 cm³/mol. The summed E-state index contributed by atoms with van der Waals surface area (Å²) in [7, 11) is 0. The van der Waals surface area contributed by atoms with Crippen molar-refractivity contribution in [3.63, 3.8) is 0 Å². The van der Waals surface area contributed by atoms with Crippen LogP contribution in [-0.4, -0.2) is 41.7 Å². The molecule has 1 amide bonds. The number of nitrogens with zero attached hydrogens (tertiary/aromatic N) is 2. The van der Waals surface area contributed by atoms with Crippen LogP contribution in [0.2, 0.25) is 0 Å². The summed E-state index contributed by atoms with van der Waals surface area (Å²) in [5.41, 5.74) is 0.711. The molecule has 2 aromatic carbocycles. The van der Waals surface area contributed by atoms with Gasteiger partial charge in [0, 0.05) is 17.3 Å². The van der Waals surface area contributed by atoms with E-state index in [4.69, 9.17) is 18.6 Å². The number of anilines is 1. The van der Waals surface area contributed by atoms with Crippen molar-refractivity contribution in [3.8, 4) is 28.7 Å². The van der Waals surface area contributed by atoms with Gasteiger partial charge < -0.3 is 23.9 Å². The first-order valence-corrected chi connectivity index (χ1v) is 11.2. The third kappa shape index (κ3) is 6.35. The van der Waals surface area contributed by atoms with E-state index in [-0.39, 0.29) is 22.6 Å². The summed E-state index contributed by atoms with van der Waals surface area (Å²) in [6.07, 6.45) is 0. The maximum atomic E-state index is 13.3. The molecule has 0 saturated carbocycles. The van der Waals surface area contributed by atoms with Crippen LogP contribution in [0.1, 0.15) is 20.8 Å². The number of nitrogens with one attached hydrogen (secondary N) is 1. The Morgan fingerprint density at radius 2 is 1.64 bits per heavy atom. The molecule has 0 aliphatic rings. The highest BCUT2D eigenvalue weighted by Gasteiger charge is 2.19. The summed E-state index contributed by atoms with van der Waals surface area (Å²) in [6, 6.07) is 6.54. The van der Waals surface area contributed by atoms with Crippen LogP contribution in [-0.2, 0) is 4.79 Å². The normalized spacial score (nSPS) is 10.7. The molecule has 1 N–H and O–H groups in total. The Hall–Kier alpha value is -3.34. The Kier molecular flexibility index (Phi) is 8.47. The highest BCUT2D eigenvalue weighted by atomic mass is 32.2. The van der Waals surface area contributed by atoms with E-state index in [0.29, 0.717) is 42.6 Å². The van der Waals surface area contributed by atoms with Gasteiger partial charge in [0.25, 0.3) is 5.22 Å². The maximum absolute atomic E-state index is 13.3. The standard InChI is InChI=1S/C22H23F2N3O5S/c1-4-29-17-9-13(10-18(30-5-2)20(17)31-6-3)21-26-27-22(32-21)33-12-19(28)25-14-7-8-15(23)16(24)11-14/h7-11H,4-6,12H2,1-3H3,(H,25,28). The van der Waals surface area contributed by atoms with Gasteiger partial charge in [-0.1, -0.05) is 11.8 Å². The van der Waals surface area contributed by atoms with Gasteiger partial charge in [-0.15, -0.1) is 10.2 Å². The van der Waals surface area contributed by atoms with Crippen LogP contribution in [0, 0.1) is 11.6 Å². The van der Waals surface area contributed by atoms with E-state index in [1.807, 2.05) is 20.8 Å². The number of carbonyl (C=O) groups excluding carboxylic acids is 1. The molecule has 0 atom stereocenters. The first kappa shape index (κ1) is 24.3. The number of halogens is 2. The fourth-order valence-electron chi connectivity index (χ4n) is 2.80. The molecule has 0 saturated heterocycles. The van der Waals surface area contributed by atoms with E-state index in [2.05, 4.69) is 15.5 Å². The molecule has 0 fully saturated rings. The van der Waals surface area contributed by atoms with Crippen molar-refractivity contribution in [2.24, 2.45) is 0 Å². The molecule has 0 aliphatic carbocycles. The van der Waals surface area contributed by atoms with Gasteiger partial charge in [0.05, 0.1) is 25.6 Å². The van der Waals surface area contributed by atoms with Crippen molar-refractivity contribution in [2.45, 2.75) is 26.0 Å². The summed E-state index contributed by atoms with van der Waals surface area (Å²) in [6.45, 7) is 6.86. The minimum Gasteiger partial charge on any atom is -0.490 e. The van der Waals surface area contributed by atoms with Gasteiger partial charge in [0.1, 0.15) is 0 Å². The summed E-state index contributed by atoms with van der Waals surface area (Å²) in [4.78, 5) is 12.1. The molecule has 0 spiro atoms. The minimum absolute atomic E-state index is 0.0711. The number of aromatic nitrogens is 2. The monoisotopic (exact) mass is 479 g/mol. The number of rotatable bonds is 11. The van der Waals surface area contributed by atoms with E-state index in [9.17, 15) is 13.6 Å². The first-order chi connectivity index (χ1) is 15.9. The first-order valence-electron chi connectivity index (χ1n) is 10.2. The van der Waals surface area contributed by atoms with Gasteiger partial charge >= 0.3 is 0 Å². The zero-order valence-electron chi connectivity index (χ0n) is 18.3. The summed E-state index contributed by atoms with van der Waals surface area (Å²) in [5.74, 6) is -0.874. The van der Waals surface area contributed by atoms with Crippen LogP contribution >= 0.6 is 11.8 Å². The molecule has 11 heteroatoms. The van der Waals surface area contributed by atoms with Gasteiger partial charge in [-0.2, -0.15) is 0 Å². The summed E-state index contributed by atoms with van der Waals surface area (Å²) >= 11 is 1.00. The van der Waals surface area contributed by atoms with Crippen molar-refractivity contribution < 1.29 is 32.2 Å². The average Bonchev–Trinajstić information content (AvgIpc) is 3.26. The molecule has 176 valence electrons. The fourth-order valence-corrected chi connectivity index (χ4v) is 3.36. The molecule has 0 bridgehead atoms. The second kappa shape index (κ2) is 11.5. The Morgan fingerprint density at radius 3 is 2.24 bits per heavy atom. The number of hydrogen-bond donors (Lipinski definition) is 1. The van der Waals surface area contributed by atoms with E-state index in [0.717, 1.165) is 23.9 Å². The Balaban J connectivity index is 1.72. The highest BCUT2D eigenvalue weighted by molar-refractivity contribution is 7.99. The van der Waals surface area contributed by atoms with Gasteiger partial charge in [-0.3, -0.25) is 4.79 Å². The molecular weight excluding hydrogens is 456 g/mol. The lowest BCUT2D eigenvalue weighted by Gasteiger charge is -2.16. The fraction of sp³-hybridized carbons (Fsp3) is 0.318. The van der Waals surface area contributed by atoms with Gasteiger partial charge in [-0.25, -0.2) is 8.78 Å². The van der Waals surface area contributed by atoms with E-state index >= 15 is 0 Å². The van der Waals surface area contributed by atoms with Gasteiger partial charge in [0.2, 0.25) is 17.5 Å². The average molecular weight is 480 g/mol. The van der Waals surface area contributed by atoms with Crippen LogP contribution in [0.4, 0.5) is 14.5 Å². The zero-order valence-corrected chi connectivity index (χ0v) is 19.1. The number of hydrogen-bond acceptors (Lipinski definition) is 8. The maximum Gasteiger partial charge on any atom is 0.277 e. The molecule has 0 radical (unpaired) electrons. The van der Waals surface area contributed by atoms with Gasteiger partial charge in [0.15, 0.2) is 23.1 Å². The van der Waals surface area contributed by atoms with E-state index in [1.54, 1.807) is 12.1 Å². The van der Waals surface area contributed by atoms with Crippen LogP contribution in [0.15, 0.2) is 40.0 Å². The smallest absolute Gasteiger partial charge is 0.277 e. The number of amides is 1. The Morgan fingerprint density at radius 1 is 0.970 bits per heavy atom. The van der Waals surface area contributed by atoms with Crippen LogP contribution in [0.5, 0.6) is 17.2 Å². The Labute approximate surface area is 193 Å². The number of ether oxygens (including phenoxy) is 3.